The van der Waals surface area contributed by atoms with E-state index in [2.05, 4.69) is 44.3 Å². The van der Waals surface area contributed by atoms with E-state index in [1.165, 1.54) is 16.7 Å². The summed E-state index contributed by atoms with van der Waals surface area (Å²) >= 11 is 0. The number of benzene rings is 3. The van der Waals surface area contributed by atoms with E-state index in [4.69, 9.17) is 0 Å². The highest BCUT2D eigenvalue weighted by Gasteiger charge is 2.29. The average molecular weight is 401 g/mol. The van der Waals surface area contributed by atoms with Gasteiger partial charge in [0, 0.05) is 23.9 Å². The normalized spacial score (nSPS) is 13.7. The Labute approximate surface area is 177 Å². The predicted molar refractivity (Wildman–Crippen MR) is 122 cm³/mol. The lowest BCUT2D eigenvalue weighted by molar-refractivity contribution is -0.121. The third-order valence-corrected chi connectivity index (χ3v) is 5.98. The van der Waals surface area contributed by atoms with Gasteiger partial charge in [0.25, 0.3) is 5.91 Å². The first kappa shape index (κ1) is 20.1. The summed E-state index contributed by atoms with van der Waals surface area (Å²) in [7, 11) is 0. The Morgan fingerprint density at radius 2 is 1.83 bits per heavy atom. The van der Waals surface area contributed by atoms with Gasteiger partial charge in [0.2, 0.25) is 5.91 Å². The Morgan fingerprint density at radius 3 is 2.57 bits per heavy atom. The van der Waals surface area contributed by atoms with Crippen LogP contribution < -0.4 is 10.2 Å². The topological polar surface area (TPSA) is 49.4 Å². The molecule has 0 saturated heterocycles. The molecule has 0 fully saturated rings. The van der Waals surface area contributed by atoms with E-state index in [0.717, 1.165) is 28.4 Å². The van der Waals surface area contributed by atoms with Crippen molar-refractivity contribution in [1.29, 1.82) is 0 Å². The van der Waals surface area contributed by atoms with E-state index >= 15 is 0 Å². The quantitative estimate of drug-likeness (QED) is 0.572. The van der Waals surface area contributed by atoms with Gasteiger partial charge in [-0.2, -0.15) is 0 Å². The fraction of sp³-hybridized carbons (Fsp3) is 0.308. The molecule has 1 aliphatic rings. The maximum absolute atomic E-state index is 12.9. The summed E-state index contributed by atoms with van der Waals surface area (Å²) in [6.45, 7) is 6.80. The lowest BCUT2D eigenvalue weighted by Gasteiger charge is -2.21. The maximum atomic E-state index is 12.9. The second kappa shape index (κ2) is 8.31. The summed E-state index contributed by atoms with van der Waals surface area (Å²) in [5.41, 5.74) is 5.32. The molecule has 30 heavy (non-hydrogen) atoms. The molecule has 0 radical (unpaired) electrons. The molecule has 4 heteroatoms. The van der Waals surface area contributed by atoms with Crippen molar-refractivity contribution in [2.24, 2.45) is 0 Å². The molecule has 0 bridgehead atoms. The monoisotopic (exact) mass is 400 g/mol. The van der Waals surface area contributed by atoms with Gasteiger partial charge < -0.3 is 10.2 Å². The van der Waals surface area contributed by atoms with Crippen molar-refractivity contribution in [1.82, 2.24) is 5.32 Å². The third kappa shape index (κ3) is 3.70. The lowest BCUT2D eigenvalue weighted by Crippen LogP contribution is -2.31. The highest BCUT2D eigenvalue weighted by atomic mass is 16.2. The number of nitrogens with zero attached hydrogens (tertiary/aromatic N) is 1. The van der Waals surface area contributed by atoms with E-state index < -0.39 is 0 Å². The van der Waals surface area contributed by atoms with Gasteiger partial charge in [-0.25, -0.2) is 0 Å². The van der Waals surface area contributed by atoms with Crippen LogP contribution in [0.25, 0.3) is 10.8 Å². The molecule has 1 atom stereocenters. The van der Waals surface area contributed by atoms with Crippen molar-refractivity contribution in [3.63, 3.8) is 0 Å². The molecule has 1 N–H and O–H groups in total. The predicted octanol–water partition coefficient (Wildman–Crippen LogP) is 5.46. The molecule has 1 aliphatic heterocycles. The molecule has 0 aromatic heterocycles. The largest absolute Gasteiger partial charge is 0.349 e. The first-order valence-electron chi connectivity index (χ1n) is 10.7. The summed E-state index contributed by atoms with van der Waals surface area (Å²) in [6, 6.07) is 18.2. The Morgan fingerprint density at radius 1 is 1.07 bits per heavy atom. The summed E-state index contributed by atoms with van der Waals surface area (Å²) in [4.78, 5) is 27.3. The molecule has 3 aromatic carbocycles. The summed E-state index contributed by atoms with van der Waals surface area (Å²) in [5, 5.41) is 5.28. The van der Waals surface area contributed by atoms with Gasteiger partial charge in [-0.3, -0.25) is 9.59 Å². The van der Waals surface area contributed by atoms with Crippen LogP contribution in [0.2, 0.25) is 0 Å². The van der Waals surface area contributed by atoms with Crippen LogP contribution in [-0.4, -0.2) is 18.4 Å². The molecule has 1 heterocycles. The first-order chi connectivity index (χ1) is 14.5. The fourth-order valence-electron chi connectivity index (χ4n) is 4.48. The second-order valence-electron chi connectivity index (χ2n) is 8.13. The van der Waals surface area contributed by atoms with Crippen LogP contribution in [0.3, 0.4) is 0 Å². The average Bonchev–Trinajstić information content (AvgIpc) is 3.00. The van der Waals surface area contributed by atoms with Crippen molar-refractivity contribution in [2.45, 2.75) is 46.1 Å². The standard InChI is InChI=1S/C26H28N2O2/c1-4-22(20-14-13-17(2)16-18(20)3)27-24(29)12-7-15-28-23-11-6-9-19-8-5-10-21(25(19)23)26(28)30/h5-6,8-11,13-14,16,22H,4,7,12,15H2,1-3H3,(H,27,29)/t22-/m1/s1. The van der Waals surface area contributed by atoms with Gasteiger partial charge in [-0.05, 0) is 55.3 Å². The number of carbonyl (C=O) groups is 2. The number of nitrogens with one attached hydrogen (secondary N) is 1. The Kier molecular flexibility index (Phi) is 5.58. The Bertz CT molecular complexity index is 1110. The number of aryl methyl sites for hydroxylation is 2. The molecule has 4 rings (SSSR count). The fourth-order valence-corrected chi connectivity index (χ4v) is 4.48. The minimum Gasteiger partial charge on any atom is -0.349 e. The molecular formula is C26H28N2O2. The number of hydrogen-bond acceptors (Lipinski definition) is 2. The van der Waals surface area contributed by atoms with Crippen LogP contribution >= 0.6 is 0 Å². The number of anilines is 1. The van der Waals surface area contributed by atoms with Gasteiger partial charge in [0.05, 0.1) is 11.7 Å². The summed E-state index contributed by atoms with van der Waals surface area (Å²) < 4.78 is 0. The minimum absolute atomic E-state index is 0.0181. The SMILES string of the molecule is CC[C@@H](NC(=O)CCCN1C(=O)c2cccc3cccc1c23)c1ccc(C)cc1C. The zero-order valence-corrected chi connectivity index (χ0v) is 17.9. The van der Waals surface area contributed by atoms with Crippen LogP contribution in [-0.2, 0) is 4.79 Å². The summed E-state index contributed by atoms with van der Waals surface area (Å²) in [6.07, 6.45) is 1.88. The molecule has 0 spiro atoms. The minimum atomic E-state index is 0.0181. The van der Waals surface area contributed by atoms with E-state index in [-0.39, 0.29) is 17.9 Å². The molecular weight excluding hydrogens is 372 g/mol. The van der Waals surface area contributed by atoms with E-state index in [1.807, 2.05) is 41.3 Å². The molecule has 0 unspecified atom stereocenters. The van der Waals surface area contributed by atoms with Gasteiger partial charge >= 0.3 is 0 Å². The van der Waals surface area contributed by atoms with Crippen LogP contribution in [0.15, 0.2) is 54.6 Å². The van der Waals surface area contributed by atoms with Gasteiger partial charge in [0.15, 0.2) is 0 Å². The van der Waals surface area contributed by atoms with Crippen LogP contribution in [0.5, 0.6) is 0 Å². The number of rotatable bonds is 7. The van der Waals surface area contributed by atoms with Crippen LogP contribution in [0.4, 0.5) is 5.69 Å². The smallest absolute Gasteiger partial charge is 0.258 e. The number of carbonyl (C=O) groups excluding carboxylic acids is 2. The van der Waals surface area contributed by atoms with Crippen molar-refractivity contribution in [2.75, 3.05) is 11.4 Å². The van der Waals surface area contributed by atoms with Gasteiger partial charge in [0.1, 0.15) is 0 Å². The van der Waals surface area contributed by atoms with Crippen LogP contribution in [0.1, 0.15) is 59.3 Å². The molecule has 2 amide bonds. The molecule has 154 valence electrons. The zero-order valence-electron chi connectivity index (χ0n) is 17.9. The lowest BCUT2D eigenvalue weighted by atomic mass is 9.97. The highest BCUT2D eigenvalue weighted by molar-refractivity contribution is 6.25. The Balaban J connectivity index is 1.38. The molecule has 0 saturated carbocycles. The van der Waals surface area contributed by atoms with Crippen molar-refractivity contribution in [3.05, 3.63) is 76.9 Å². The molecule has 3 aromatic rings. The maximum Gasteiger partial charge on any atom is 0.258 e. The highest BCUT2D eigenvalue weighted by Crippen LogP contribution is 2.37. The second-order valence-corrected chi connectivity index (χ2v) is 8.13. The van der Waals surface area contributed by atoms with Gasteiger partial charge in [-0.1, -0.05) is 55.0 Å². The van der Waals surface area contributed by atoms with Crippen molar-refractivity contribution < 1.29 is 9.59 Å². The number of amides is 2. The molecule has 0 aliphatic carbocycles. The third-order valence-electron chi connectivity index (χ3n) is 5.98. The number of hydrogen-bond donors (Lipinski definition) is 1. The zero-order chi connectivity index (χ0) is 21.3. The van der Waals surface area contributed by atoms with Crippen LogP contribution in [0, 0.1) is 13.8 Å². The van der Waals surface area contributed by atoms with E-state index in [9.17, 15) is 9.59 Å². The van der Waals surface area contributed by atoms with E-state index in [0.29, 0.717) is 19.4 Å². The van der Waals surface area contributed by atoms with Gasteiger partial charge in [-0.15, -0.1) is 0 Å². The first-order valence-corrected chi connectivity index (χ1v) is 10.7. The van der Waals surface area contributed by atoms with E-state index in [1.54, 1.807) is 0 Å². The Hall–Kier alpha value is -3.14. The van der Waals surface area contributed by atoms with Crippen molar-refractivity contribution in [3.8, 4) is 0 Å². The summed E-state index contributed by atoms with van der Waals surface area (Å²) in [5.74, 6) is 0.0631. The van der Waals surface area contributed by atoms with Crippen molar-refractivity contribution >= 4 is 28.3 Å². The molecule has 4 nitrogen and oxygen atoms in total.